The van der Waals surface area contributed by atoms with Crippen molar-refractivity contribution in [3.8, 4) is 22.3 Å². The molecule has 1 aliphatic rings. The smallest absolute Gasteiger partial charge is 0.280 e. The highest BCUT2D eigenvalue weighted by Gasteiger charge is 2.35. The van der Waals surface area contributed by atoms with Crippen molar-refractivity contribution in [2.75, 3.05) is 0 Å². The van der Waals surface area contributed by atoms with Gasteiger partial charge in [-0.15, -0.1) is 11.3 Å². The molecule has 0 amide bonds. The van der Waals surface area contributed by atoms with Gasteiger partial charge in [-0.3, -0.25) is 0 Å². The van der Waals surface area contributed by atoms with Crippen molar-refractivity contribution in [2.45, 2.75) is 0 Å². The monoisotopic (exact) mass is 631 g/mol. The molecule has 10 rings (SSSR count). The minimum absolute atomic E-state index is 0.857. The molecule has 0 fully saturated rings. The van der Waals surface area contributed by atoms with Crippen molar-refractivity contribution in [2.24, 2.45) is 4.99 Å². The number of thiophene rings is 1. The van der Waals surface area contributed by atoms with Gasteiger partial charge in [0.15, 0.2) is 0 Å². The number of benzene rings is 7. The maximum absolute atomic E-state index is 6.68. The largest absolute Gasteiger partial charge is 0.455 e. The molecule has 0 radical (unpaired) electrons. The Morgan fingerprint density at radius 2 is 1.12 bits per heavy atom. The van der Waals surface area contributed by atoms with Crippen LogP contribution in [0.15, 0.2) is 173 Å². The minimum Gasteiger partial charge on any atom is -0.455 e. The van der Waals surface area contributed by atoms with Crippen molar-refractivity contribution < 1.29 is 8.99 Å². The molecule has 0 N–H and O–H groups in total. The van der Waals surface area contributed by atoms with Crippen molar-refractivity contribution in [1.82, 2.24) is 0 Å². The maximum Gasteiger partial charge on any atom is 0.280 e. The van der Waals surface area contributed by atoms with Gasteiger partial charge in [0.25, 0.3) is 11.7 Å². The van der Waals surface area contributed by atoms with E-state index in [1.165, 1.54) is 31.3 Å². The van der Waals surface area contributed by atoms with E-state index in [0.29, 0.717) is 0 Å². The lowest BCUT2D eigenvalue weighted by Crippen LogP contribution is -2.34. The molecule has 7 aromatic carbocycles. The van der Waals surface area contributed by atoms with Gasteiger partial charge in [0.1, 0.15) is 16.9 Å². The molecule has 1 aliphatic heterocycles. The average Bonchev–Trinajstić information content (AvgIpc) is 3.71. The summed E-state index contributed by atoms with van der Waals surface area (Å²) in [5, 5.41) is 4.76. The zero-order valence-electron chi connectivity index (χ0n) is 25.8. The topological polar surface area (TPSA) is 28.5 Å². The number of para-hydroxylation sites is 1. The highest BCUT2D eigenvalue weighted by molar-refractivity contribution is 7.26. The van der Waals surface area contributed by atoms with Gasteiger partial charge in [0.2, 0.25) is 0 Å². The summed E-state index contributed by atoms with van der Waals surface area (Å²) in [6.45, 7) is 0. The van der Waals surface area contributed by atoms with E-state index in [9.17, 15) is 0 Å². The third kappa shape index (κ3) is 4.20. The highest BCUT2D eigenvalue weighted by atomic mass is 32.1. The molecule has 0 spiro atoms. The summed E-state index contributed by atoms with van der Waals surface area (Å²) >= 11 is 1.83. The van der Waals surface area contributed by atoms with Crippen molar-refractivity contribution in [3.63, 3.8) is 0 Å². The molecule has 224 valence electrons. The number of furan rings is 1. The van der Waals surface area contributed by atoms with Crippen molar-refractivity contribution in [3.05, 3.63) is 175 Å². The quantitative estimate of drug-likeness (QED) is 0.174. The van der Waals surface area contributed by atoms with Crippen LogP contribution in [0.1, 0.15) is 11.1 Å². The highest BCUT2D eigenvalue weighted by Crippen LogP contribution is 2.40. The number of nitrogens with zero attached hydrogens (tertiary/aromatic N) is 2. The van der Waals surface area contributed by atoms with Crippen LogP contribution >= 0.6 is 11.3 Å². The normalized spacial score (nSPS) is 13.0. The molecule has 0 aliphatic carbocycles. The van der Waals surface area contributed by atoms with Crippen LogP contribution in [0.5, 0.6) is 0 Å². The second-order valence-corrected chi connectivity index (χ2v) is 13.2. The van der Waals surface area contributed by atoms with E-state index in [1.54, 1.807) is 0 Å². The number of hydrogen-bond donors (Lipinski definition) is 0. The summed E-state index contributed by atoms with van der Waals surface area (Å²) in [5.74, 6) is 1.86. The fraction of sp³-hybridized carbons (Fsp3) is 0. The van der Waals surface area contributed by atoms with Gasteiger partial charge in [-0.05, 0) is 53.1 Å². The number of rotatable bonds is 5. The number of fused-ring (bicyclic) bond motifs is 6. The number of hydrogen-bond acceptors (Lipinski definition) is 3. The molecule has 3 nitrogen and oxygen atoms in total. The molecule has 48 heavy (non-hydrogen) atoms. The Morgan fingerprint density at radius 1 is 0.479 bits per heavy atom. The third-order valence-electron chi connectivity index (χ3n) is 9.36. The molecule has 0 atom stereocenters. The van der Waals surface area contributed by atoms with Crippen molar-refractivity contribution >= 4 is 70.8 Å². The van der Waals surface area contributed by atoms with Crippen molar-refractivity contribution in [1.29, 1.82) is 0 Å². The molecule has 0 saturated heterocycles. The SMILES string of the molecule is c1ccc(-c2ccc(C3=NC(c4cccc5c4sc4ccccc45)=[N+]3c3ccc4c(c3)oc3c(-c5ccccc5)cccc34)cc2)cc1. The van der Waals surface area contributed by atoms with Crippen LogP contribution < -0.4 is 0 Å². The lowest BCUT2D eigenvalue weighted by atomic mass is 10.0. The van der Waals surface area contributed by atoms with E-state index in [1.807, 2.05) is 17.4 Å². The number of aliphatic imine (C=N–C) groups is 1. The van der Waals surface area contributed by atoms with E-state index in [2.05, 4.69) is 162 Å². The van der Waals surface area contributed by atoms with E-state index in [0.717, 1.165) is 61.6 Å². The lowest BCUT2D eigenvalue weighted by molar-refractivity contribution is -0.319. The Balaban J connectivity index is 1.15. The zero-order chi connectivity index (χ0) is 31.6. The Bertz CT molecular complexity index is 2750. The second-order valence-electron chi connectivity index (χ2n) is 12.1. The molecular weight excluding hydrogens is 605 g/mol. The van der Waals surface area contributed by atoms with Crippen LogP contribution in [-0.4, -0.2) is 16.2 Å². The van der Waals surface area contributed by atoms with E-state index < -0.39 is 0 Å². The second kappa shape index (κ2) is 10.7. The number of amidine groups is 2. The molecule has 9 aromatic rings. The van der Waals surface area contributed by atoms with Gasteiger partial charge in [0.05, 0.1) is 11.1 Å². The van der Waals surface area contributed by atoms with E-state index in [4.69, 9.17) is 9.41 Å². The standard InChI is InChI=1S/C44H27N2OS/c1-3-11-28(12-4-1)29-21-23-31(24-22-29)43-45-44(38-19-10-18-37-35-15-7-8-20-40(35)48-42(37)38)46(43)32-25-26-34-36-17-9-16-33(30-13-5-2-6-14-30)41(36)47-39(34)27-32/h1-27H/q+1. The molecule has 4 heteroatoms. The summed E-state index contributed by atoms with van der Waals surface area (Å²) in [6, 6.07) is 57.8. The van der Waals surface area contributed by atoms with Gasteiger partial charge in [0, 0.05) is 42.6 Å². The fourth-order valence-electron chi connectivity index (χ4n) is 7.01. The summed E-state index contributed by atoms with van der Waals surface area (Å²) in [6.07, 6.45) is 0. The Morgan fingerprint density at radius 3 is 1.94 bits per heavy atom. The molecule has 0 unspecified atom stereocenters. The molecule has 2 aromatic heterocycles. The van der Waals surface area contributed by atoms with Gasteiger partial charge < -0.3 is 4.42 Å². The summed E-state index contributed by atoms with van der Waals surface area (Å²) in [4.78, 5) is 5.25. The van der Waals surface area contributed by atoms with Gasteiger partial charge in [-0.25, -0.2) is 0 Å². The van der Waals surface area contributed by atoms with Crippen LogP contribution in [0, 0.1) is 0 Å². The van der Waals surface area contributed by atoms with Gasteiger partial charge >= 0.3 is 0 Å². The van der Waals surface area contributed by atoms with Crippen LogP contribution in [0.3, 0.4) is 0 Å². The Kier molecular flexibility index (Phi) is 6.05. The van der Waals surface area contributed by atoms with Crippen LogP contribution in [0.2, 0.25) is 0 Å². The summed E-state index contributed by atoms with van der Waals surface area (Å²) in [7, 11) is 0. The lowest BCUT2D eigenvalue weighted by Gasteiger charge is -2.20. The first-order chi connectivity index (χ1) is 23.8. The average molecular weight is 632 g/mol. The Labute approximate surface area is 281 Å². The summed E-state index contributed by atoms with van der Waals surface area (Å²) < 4.78 is 11.5. The van der Waals surface area contributed by atoms with Gasteiger partial charge in [-0.1, -0.05) is 126 Å². The first-order valence-corrected chi connectivity index (χ1v) is 16.9. The Hall–Kier alpha value is -6.10. The molecule has 0 saturated carbocycles. The van der Waals surface area contributed by atoms with E-state index in [-0.39, 0.29) is 0 Å². The molecular formula is C44H27N2OS+. The van der Waals surface area contributed by atoms with Crippen LogP contribution in [0.25, 0.3) is 64.4 Å². The molecule has 0 bridgehead atoms. The van der Waals surface area contributed by atoms with Crippen LogP contribution in [-0.2, 0) is 0 Å². The van der Waals surface area contributed by atoms with Gasteiger partial charge in [-0.2, -0.15) is 4.58 Å². The first kappa shape index (κ1) is 27.1. The fourth-order valence-corrected chi connectivity index (χ4v) is 8.22. The summed E-state index contributed by atoms with van der Waals surface area (Å²) in [5.41, 5.74) is 9.61. The predicted molar refractivity (Wildman–Crippen MR) is 201 cm³/mol. The minimum atomic E-state index is 0.857. The van der Waals surface area contributed by atoms with Crippen LogP contribution in [0.4, 0.5) is 5.69 Å². The first-order valence-electron chi connectivity index (χ1n) is 16.1. The third-order valence-corrected chi connectivity index (χ3v) is 10.6. The van der Waals surface area contributed by atoms with E-state index >= 15 is 0 Å². The maximum atomic E-state index is 6.68. The molecule has 3 heterocycles. The predicted octanol–water partition coefficient (Wildman–Crippen LogP) is 11.8. The zero-order valence-corrected chi connectivity index (χ0v) is 26.6.